The van der Waals surface area contributed by atoms with Gasteiger partial charge in [0, 0.05) is 18.3 Å². The fourth-order valence-electron chi connectivity index (χ4n) is 1.80. The predicted octanol–water partition coefficient (Wildman–Crippen LogP) is 1.11. The smallest absolute Gasteiger partial charge is 0.326 e. The van der Waals surface area contributed by atoms with Crippen LogP contribution in [0, 0.1) is 0 Å². The molecule has 0 fully saturated rings. The number of amides is 3. The van der Waals surface area contributed by atoms with Crippen molar-refractivity contribution in [3.63, 3.8) is 0 Å². The zero-order valence-corrected chi connectivity index (χ0v) is 11.3. The molecule has 1 atom stereocenters. The highest BCUT2D eigenvalue weighted by Crippen LogP contribution is 2.13. The molecule has 1 unspecified atom stereocenters. The summed E-state index contributed by atoms with van der Waals surface area (Å²) in [5, 5.41) is 11.4. The van der Waals surface area contributed by atoms with Crippen LogP contribution in [0.1, 0.15) is 23.7 Å². The third-order valence-corrected chi connectivity index (χ3v) is 2.86. The zero-order valence-electron chi connectivity index (χ0n) is 11.3. The monoisotopic (exact) mass is 279 g/mol. The molecule has 1 rings (SSSR count). The number of nitrogens with two attached hydrogens (primary N) is 1. The van der Waals surface area contributed by atoms with Crippen LogP contribution in [0.15, 0.2) is 24.3 Å². The van der Waals surface area contributed by atoms with Gasteiger partial charge in [0.15, 0.2) is 0 Å². The number of nitrogens with one attached hydrogen (secondary N) is 1. The van der Waals surface area contributed by atoms with E-state index in [2.05, 4.69) is 5.32 Å². The van der Waals surface area contributed by atoms with Gasteiger partial charge >= 0.3 is 12.0 Å². The van der Waals surface area contributed by atoms with Gasteiger partial charge in [-0.3, -0.25) is 4.79 Å². The third kappa shape index (κ3) is 3.71. The number of carboxylic acids is 1. The highest BCUT2D eigenvalue weighted by Gasteiger charge is 2.25. The van der Waals surface area contributed by atoms with E-state index in [1.807, 2.05) is 0 Å². The molecular formula is C13H17N3O4. The maximum absolute atomic E-state index is 12.1. The van der Waals surface area contributed by atoms with Crippen LogP contribution < -0.4 is 11.1 Å². The highest BCUT2D eigenvalue weighted by molar-refractivity contribution is 5.97. The molecule has 0 saturated heterocycles. The van der Waals surface area contributed by atoms with Crippen LogP contribution in [0.25, 0.3) is 0 Å². The number of anilines is 1. The van der Waals surface area contributed by atoms with E-state index in [0.717, 1.165) is 0 Å². The second-order valence-electron chi connectivity index (χ2n) is 4.24. The van der Waals surface area contributed by atoms with Crippen LogP contribution in [0.2, 0.25) is 0 Å². The number of aliphatic carboxylic acids is 1. The van der Waals surface area contributed by atoms with E-state index < -0.39 is 23.9 Å². The number of nitrogens with zero attached hydrogens (tertiary/aromatic N) is 1. The maximum atomic E-state index is 12.1. The molecule has 0 aliphatic carbocycles. The van der Waals surface area contributed by atoms with Crippen molar-refractivity contribution in [3.8, 4) is 0 Å². The molecule has 0 bridgehead atoms. The van der Waals surface area contributed by atoms with Gasteiger partial charge in [-0.05, 0) is 30.7 Å². The Bertz CT molecular complexity index is 513. The minimum Gasteiger partial charge on any atom is -0.480 e. The molecule has 0 aromatic heterocycles. The summed E-state index contributed by atoms with van der Waals surface area (Å²) in [5.41, 5.74) is 5.77. The van der Waals surface area contributed by atoms with E-state index in [1.165, 1.54) is 36.2 Å². The number of likely N-dealkylation sites (N-methyl/N-ethyl adjacent to an activating group) is 1. The van der Waals surface area contributed by atoms with Crippen molar-refractivity contribution < 1.29 is 19.5 Å². The molecule has 7 nitrogen and oxygen atoms in total. The summed E-state index contributed by atoms with van der Waals surface area (Å²) < 4.78 is 0. The second kappa shape index (κ2) is 6.55. The van der Waals surface area contributed by atoms with E-state index in [0.29, 0.717) is 17.7 Å². The molecule has 7 heteroatoms. The summed E-state index contributed by atoms with van der Waals surface area (Å²) in [6.45, 7) is 1.70. The first-order chi connectivity index (χ1) is 9.36. The molecule has 0 aliphatic rings. The average molecular weight is 279 g/mol. The Balaban J connectivity index is 2.86. The van der Waals surface area contributed by atoms with Crippen LogP contribution in [-0.4, -0.2) is 41.0 Å². The molecule has 1 aromatic rings. The lowest BCUT2D eigenvalue weighted by atomic mass is 10.1. The molecule has 0 radical (unpaired) electrons. The van der Waals surface area contributed by atoms with Crippen molar-refractivity contribution in [1.29, 1.82) is 0 Å². The van der Waals surface area contributed by atoms with E-state index in [4.69, 9.17) is 10.8 Å². The SMILES string of the molecule is CCC(C(=O)O)N(C)C(=O)c1ccc(NC(N)=O)cc1. The number of hydrogen-bond acceptors (Lipinski definition) is 3. The molecule has 0 heterocycles. The number of carboxylic acid groups (broad SMARTS) is 1. The molecule has 1 aromatic carbocycles. The van der Waals surface area contributed by atoms with Gasteiger partial charge < -0.3 is 21.1 Å². The number of primary amides is 1. The van der Waals surface area contributed by atoms with Crippen molar-refractivity contribution in [2.45, 2.75) is 19.4 Å². The van der Waals surface area contributed by atoms with Gasteiger partial charge in [-0.1, -0.05) is 6.92 Å². The molecule has 0 aliphatic heterocycles. The van der Waals surface area contributed by atoms with Gasteiger partial charge in [0.1, 0.15) is 6.04 Å². The highest BCUT2D eigenvalue weighted by atomic mass is 16.4. The van der Waals surface area contributed by atoms with Gasteiger partial charge in [0.25, 0.3) is 5.91 Å². The summed E-state index contributed by atoms with van der Waals surface area (Å²) >= 11 is 0. The van der Waals surface area contributed by atoms with Crippen LogP contribution in [0.4, 0.5) is 10.5 Å². The first kappa shape index (κ1) is 15.5. The van der Waals surface area contributed by atoms with Gasteiger partial charge in [-0.15, -0.1) is 0 Å². The quantitative estimate of drug-likeness (QED) is 0.749. The number of carbonyl (C=O) groups is 3. The summed E-state index contributed by atoms with van der Waals surface area (Å²) in [5.74, 6) is -1.44. The third-order valence-electron chi connectivity index (χ3n) is 2.86. The van der Waals surface area contributed by atoms with Gasteiger partial charge in [0.05, 0.1) is 0 Å². The van der Waals surface area contributed by atoms with Gasteiger partial charge in [0.2, 0.25) is 0 Å². The first-order valence-corrected chi connectivity index (χ1v) is 6.03. The van der Waals surface area contributed by atoms with Crippen LogP contribution in [0.3, 0.4) is 0 Å². The van der Waals surface area contributed by atoms with Crippen molar-refractivity contribution in [3.05, 3.63) is 29.8 Å². The molecular weight excluding hydrogens is 262 g/mol. The Kier molecular flexibility index (Phi) is 5.08. The normalized spacial score (nSPS) is 11.5. The van der Waals surface area contributed by atoms with Gasteiger partial charge in [-0.25, -0.2) is 9.59 Å². The Morgan fingerprint density at radius 3 is 2.25 bits per heavy atom. The molecule has 108 valence electrons. The van der Waals surface area contributed by atoms with Crippen LogP contribution in [0.5, 0.6) is 0 Å². The summed E-state index contributed by atoms with van der Waals surface area (Å²) in [7, 11) is 1.44. The number of rotatable bonds is 5. The maximum Gasteiger partial charge on any atom is 0.326 e. The van der Waals surface area contributed by atoms with Crippen LogP contribution in [-0.2, 0) is 4.79 Å². The number of carbonyl (C=O) groups excluding carboxylic acids is 2. The zero-order chi connectivity index (χ0) is 15.3. The number of hydrogen-bond donors (Lipinski definition) is 3. The minimum atomic E-state index is -1.05. The van der Waals surface area contributed by atoms with Crippen molar-refractivity contribution in [2.24, 2.45) is 5.73 Å². The Morgan fingerprint density at radius 1 is 1.30 bits per heavy atom. The van der Waals surface area contributed by atoms with E-state index in [-0.39, 0.29) is 0 Å². The van der Waals surface area contributed by atoms with E-state index >= 15 is 0 Å². The fraction of sp³-hybridized carbons (Fsp3) is 0.308. The summed E-state index contributed by atoms with van der Waals surface area (Å²) in [6.07, 6.45) is 0.318. The first-order valence-electron chi connectivity index (χ1n) is 6.03. The lowest BCUT2D eigenvalue weighted by molar-refractivity contribution is -0.142. The fourth-order valence-corrected chi connectivity index (χ4v) is 1.80. The average Bonchev–Trinajstić information content (AvgIpc) is 2.38. The second-order valence-corrected chi connectivity index (χ2v) is 4.24. The van der Waals surface area contributed by atoms with E-state index in [1.54, 1.807) is 6.92 Å². The van der Waals surface area contributed by atoms with Crippen molar-refractivity contribution >= 4 is 23.6 Å². The molecule has 0 saturated carbocycles. The summed E-state index contributed by atoms with van der Waals surface area (Å²) in [4.78, 5) is 35.0. The lowest BCUT2D eigenvalue weighted by Crippen LogP contribution is -2.41. The minimum absolute atomic E-state index is 0.318. The van der Waals surface area contributed by atoms with Crippen molar-refractivity contribution in [2.75, 3.05) is 12.4 Å². The Labute approximate surface area is 116 Å². The molecule has 0 spiro atoms. The summed E-state index contributed by atoms with van der Waals surface area (Å²) in [6, 6.07) is 4.47. The molecule has 3 amide bonds. The Morgan fingerprint density at radius 2 is 1.85 bits per heavy atom. The predicted molar refractivity (Wildman–Crippen MR) is 73.5 cm³/mol. The topological polar surface area (TPSA) is 113 Å². The number of urea groups is 1. The van der Waals surface area contributed by atoms with Crippen molar-refractivity contribution in [1.82, 2.24) is 4.90 Å². The lowest BCUT2D eigenvalue weighted by Gasteiger charge is -2.23. The Hall–Kier alpha value is -2.57. The number of benzene rings is 1. The largest absolute Gasteiger partial charge is 0.480 e. The van der Waals surface area contributed by atoms with Crippen LogP contribution >= 0.6 is 0 Å². The van der Waals surface area contributed by atoms with E-state index in [9.17, 15) is 14.4 Å². The standard InChI is InChI=1S/C13H17N3O4/c1-3-10(12(18)19)16(2)11(17)8-4-6-9(7-5-8)15-13(14)20/h4-7,10H,3H2,1-2H3,(H,18,19)(H3,14,15,20). The molecule has 4 N–H and O–H groups in total. The molecule has 20 heavy (non-hydrogen) atoms. The van der Waals surface area contributed by atoms with Gasteiger partial charge in [-0.2, -0.15) is 0 Å².